The van der Waals surface area contributed by atoms with Crippen molar-refractivity contribution in [3.8, 4) is 17.3 Å². The predicted molar refractivity (Wildman–Crippen MR) is 263 cm³/mol. The molecule has 1 aliphatic rings. The van der Waals surface area contributed by atoms with Gasteiger partial charge in [-0.05, 0) is 100.0 Å². The van der Waals surface area contributed by atoms with Crippen LogP contribution in [0.1, 0.15) is 76.3 Å². The van der Waals surface area contributed by atoms with Gasteiger partial charge in [0.2, 0.25) is 0 Å². The van der Waals surface area contributed by atoms with Gasteiger partial charge in [0.25, 0.3) is 0 Å². The van der Waals surface area contributed by atoms with E-state index in [2.05, 4.69) is 239 Å². The van der Waals surface area contributed by atoms with Gasteiger partial charge in [-0.1, -0.05) is 152 Å². The number of anilines is 4. The Hall–Kier alpha value is -7.11. The van der Waals surface area contributed by atoms with Crippen molar-refractivity contribution in [1.82, 2.24) is 9.55 Å². The van der Waals surface area contributed by atoms with Crippen LogP contribution in [-0.2, 0) is 16.2 Å². The van der Waals surface area contributed by atoms with E-state index in [0.29, 0.717) is 6.67 Å². The molecule has 0 radical (unpaired) electrons. The van der Waals surface area contributed by atoms with Crippen molar-refractivity contribution in [3.05, 3.63) is 216 Å². The van der Waals surface area contributed by atoms with Crippen LogP contribution in [0.3, 0.4) is 0 Å². The molecule has 0 aliphatic carbocycles. The van der Waals surface area contributed by atoms with Gasteiger partial charge in [-0.2, -0.15) is 0 Å². The van der Waals surface area contributed by atoms with E-state index in [4.69, 9.17) is 9.72 Å². The van der Waals surface area contributed by atoms with E-state index >= 15 is 0 Å². The summed E-state index contributed by atoms with van der Waals surface area (Å²) in [4.78, 5) is 9.83. The number of nitrogens with zero attached hydrogens (tertiary/aromatic N) is 4. The van der Waals surface area contributed by atoms with Crippen LogP contribution in [0.5, 0.6) is 11.5 Å². The van der Waals surface area contributed by atoms with Crippen molar-refractivity contribution < 1.29 is 4.74 Å². The lowest BCUT2D eigenvalue weighted by atomic mass is 9.78. The number of fused-ring (bicyclic) bond motifs is 4. The molecule has 0 saturated carbocycles. The standard InChI is InChI=1S/C58H54N4O/c1-56(2,3)42-28-31-52-54(35-42)61(45-23-16-22-43(34-45)57(4,5)40-18-10-8-11-19-40)39-60(52)46-24-17-25-47(37-46)63-48-29-30-50-49-26-14-15-27-51(49)62(53(50)38-48)55-36-44(32-33-59-55)58(6,7)41-20-12-9-13-21-41/h8-38H,39H2,1-7H3. The maximum atomic E-state index is 6.79. The summed E-state index contributed by atoms with van der Waals surface area (Å²) in [5.74, 6) is 2.42. The second-order valence-electron chi connectivity index (χ2n) is 19.0. The number of pyridine rings is 1. The van der Waals surface area contributed by atoms with Crippen molar-refractivity contribution in [2.45, 2.75) is 64.7 Å². The summed E-state index contributed by atoms with van der Waals surface area (Å²) in [7, 11) is 0. The average molecular weight is 823 g/mol. The number of para-hydroxylation sites is 1. The highest BCUT2D eigenvalue weighted by molar-refractivity contribution is 6.09. The summed E-state index contributed by atoms with van der Waals surface area (Å²) < 4.78 is 9.07. The third-order valence-electron chi connectivity index (χ3n) is 13.3. The minimum atomic E-state index is -0.206. The molecular formula is C58H54N4O. The Morgan fingerprint density at radius 1 is 0.429 bits per heavy atom. The quantitative estimate of drug-likeness (QED) is 0.145. The van der Waals surface area contributed by atoms with Crippen LogP contribution < -0.4 is 14.5 Å². The first-order chi connectivity index (χ1) is 30.4. The van der Waals surface area contributed by atoms with Gasteiger partial charge in [0.1, 0.15) is 24.0 Å². The van der Waals surface area contributed by atoms with Gasteiger partial charge in [0.15, 0.2) is 0 Å². The number of aromatic nitrogens is 2. The molecular weight excluding hydrogens is 769 g/mol. The third-order valence-corrected chi connectivity index (χ3v) is 13.3. The molecule has 5 heteroatoms. The fourth-order valence-electron chi connectivity index (χ4n) is 9.32. The molecule has 9 aromatic rings. The Kier molecular flexibility index (Phi) is 9.75. The summed E-state index contributed by atoms with van der Waals surface area (Å²) in [6.45, 7) is 16.7. The minimum Gasteiger partial charge on any atom is -0.457 e. The molecule has 10 rings (SSSR count). The van der Waals surface area contributed by atoms with Crippen LogP contribution in [0.4, 0.5) is 22.7 Å². The highest BCUT2D eigenvalue weighted by Crippen LogP contribution is 2.48. The summed E-state index contributed by atoms with van der Waals surface area (Å²) in [5.41, 5.74) is 12.8. The first-order valence-electron chi connectivity index (χ1n) is 22.1. The summed E-state index contributed by atoms with van der Waals surface area (Å²) >= 11 is 0. The maximum Gasteiger partial charge on any atom is 0.137 e. The van der Waals surface area contributed by atoms with Crippen molar-refractivity contribution in [2.75, 3.05) is 16.5 Å². The summed E-state index contributed by atoms with van der Waals surface area (Å²) in [5, 5.41) is 2.33. The highest BCUT2D eigenvalue weighted by atomic mass is 16.5. The summed E-state index contributed by atoms with van der Waals surface area (Å²) in [6.07, 6.45) is 1.94. The molecule has 0 atom stereocenters. The van der Waals surface area contributed by atoms with E-state index in [1.807, 2.05) is 12.3 Å². The predicted octanol–water partition coefficient (Wildman–Crippen LogP) is 15.2. The van der Waals surface area contributed by atoms with E-state index in [9.17, 15) is 0 Å². The van der Waals surface area contributed by atoms with Gasteiger partial charge < -0.3 is 14.5 Å². The van der Waals surface area contributed by atoms with Crippen molar-refractivity contribution in [2.24, 2.45) is 0 Å². The molecule has 63 heavy (non-hydrogen) atoms. The first-order valence-corrected chi connectivity index (χ1v) is 22.1. The second-order valence-corrected chi connectivity index (χ2v) is 19.0. The van der Waals surface area contributed by atoms with Crippen LogP contribution in [-0.4, -0.2) is 16.2 Å². The zero-order valence-electron chi connectivity index (χ0n) is 37.3. The van der Waals surface area contributed by atoms with E-state index in [1.54, 1.807) is 0 Å². The number of hydrogen-bond acceptors (Lipinski definition) is 4. The van der Waals surface area contributed by atoms with Gasteiger partial charge in [-0.15, -0.1) is 0 Å². The summed E-state index contributed by atoms with van der Waals surface area (Å²) in [6, 6.07) is 65.4. The minimum absolute atomic E-state index is 0.00342. The lowest BCUT2D eigenvalue weighted by molar-refractivity contribution is 0.483. The molecule has 0 bridgehead atoms. The molecule has 5 nitrogen and oxygen atoms in total. The molecule has 2 aromatic heterocycles. The highest BCUT2D eigenvalue weighted by Gasteiger charge is 2.32. The van der Waals surface area contributed by atoms with Crippen molar-refractivity contribution >= 4 is 44.6 Å². The van der Waals surface area contributed by atoms with Crippen LogP contribution in [0.15, 0.2) is 188 Å². The van der Waals surface area contributed by atoms with Gasteiger partial charge in [-0.25, -0.2) is 4.98 Å². The van der Waals surface area contributed by atoms with Crippen molar-refractivity contribution in [3.63, 3.8) is 0 Å². The average Bonchev–Trinajstić information content (AvgIpc) is 3.85. The molecule has 0 spiro atoms. The van der Waals surface area contributed by atoms with Gasteiger partial charge >= 0.3 is 0 Å². The number of rotatable bonds is 9. The lowest BCUT2D eigenvalue weighted by Gasteiger charge is -2.29. The first kappa shape index (κ1) is 40.0. The molecule has 0 unspecified atom stereocenters. The maximum absolute atomic E-state index is 6.79. The monoisotopic (exact) mass is 822 g/mol. The van der Waals surface area contributed by atoms with E-state index < -0.39 is 0 Å². The molecule has 0 amide bonds. The Morgan fingerprint density at radius 2 is 1.02 bits per heavy atom. The van der Waals surface area contributed by atoms with E-state index in [-0.39, 0.29) is 16.2 Å². The molecule has 312 valence electrons. The fraction of sp³-hybridized carbons (Fsp3) is 0.190. The molecule has 1 aliphatic heterocycles. The van der Waals surface area contributed by atoms with Gasteiger partial charge in [-0.3, -0.25) is 4.57 Å². The van der Waals surface area contributed by atoms with Crippen LogP contribution >= 0.6 is 0 Å². The van der Waals surface area contributed by atoms with Crippen molar-refractivity contribution in [1.29, 1.82) is 0 Å². The number of ether oxygens (including phenoxy) is 1. The molecule has 0 N–H and O–H groups in total. The van der Waals surface area contributed by atoms with Crippen LogP contribution in [0, 0.1) is 0 Å². The van der Waals surface area contributed by atoms with Crippen LogP contribution in [0.2, 0.25) is 0 Å². The normalized spacial score (nSPS) is 13.2. The number of benzene rings is 7. The zero-order valence-corrected chi connectivity index (χ0v) is 37.3. The van der Waals surface area contributed by atoms with E-state index in [1.165, 1.54) is 50.3 Å². The Morgan fingerprint density at radius 3 is 1.73 bits per heavy atom. The molecule has 0 saturated heterocycles. The van der Waals surface area contributed by atoms with Crippen LogP contribution in [0.25, 0.3) is 27.6 Å². The lowest BCUT2D eigenvalue weighted by Crippen LogP contribution is -2.25. The molecule has 0 fully saturated rings. The Labute approximate surface area is 371 Å². The largest absolute Gasteiger partial charge is 0.457 e. The van der Waals surface area contributed by atoms with Gasteiger partial charge in [0.05, 0.1) is 22.4 Å². The third kappa shape index (κ3) is 7.21. The Bertz CT molecular complexity index is 3120. The molecule has 7 aromatic carbocycles. The SMILES string of the molecule is CC(C)(C)c1ccc2c(c1)N(c1cccc(C(C)(C)c3ccccc3)c1)CN2c1cccc(Oc2ccc3c4ccccc4n(-c4cc(C(C)(C)c5ccccc5)ccn4)c3c2)c1. The topological polar surface area (TPSA) is 33.5 Å². The smallest absolute Gasteiger partial charge is 0.137 e. The fourth-order valence-corrected chi connectivity index (χ4v) is 9.32. The number of hydrogen-bond donors (Lipinski definition) is 0. The second kappa shape index (κ2) is 15.4. The Balaban J connectivity index is 1.00. The molecule has 3 heterocycles. The van der Waals surface area contributed by atoms with E-state index in [0.717, 1.165) is 39.4 Å². The zero-order chi connectivity index (χ0) is 43.5. The van der Waals surface area contributed by atoms with Gasteiger partial charge in [0, 0.05) is 51.3 Å².